The highest BCUT2D eigenvalue weighted by atomic mass is 35.5. The third kappa shape index (κ3) is 11.4. The Bertz CT molecular complexity index is 122. The quantitative estimate of drug-likeness (QED) is 0.330. The highest BCUT2D eigenvalue weighted by molar-refractivity contribution is 7.41. The topological polar surface area (TPSA) is 27.7 Å². The molecule has 0 radical (unpaired) electrons. The molecule has 0 rings (SSSR count). The zero-order valence-electron chi connectivity index (χ0n) is 8.46. The van der Waals surface area contributed by atoms with Gasteiger partial charge in [-0.15, -0.1) is 34.8 Å². The van der Waals surface area contributed by atoms with Gasteiger partial charge in [0.15, 0.2) is 0 Å². The van der Waals surface area contributed by atoms with Gasteiger partial charge in [0.1, 0.15) is 0 Å². The fourth-order valence-electron chi connectivity index (χ4n) is 0.608. The van der Waals surface area contributed by atoms with Crippen LogP contribution in [0.2, 0.25) is 0 Å². The second kappa shape index (κ2) is 13.2. The summed E-state index contributed by atoms with van der Waals surface area (Å²) in [6.45, 7) is 1.51. The van der Waals surface area contributed by atoms with E-state index < -0.39 is 8.60 Å². The van der Waals surface area contributed by atoms with Gasteiger partial charge in [0.25, 0.3) is 0 Å². The fourth-order valence-corrected chi connectivity index (χ4v) is 2.03. The maximum absolute atomic E-state index is 5.52. The maximum atomic E-state index is 5.52. The highest BCUT2D eigenvalue weighted by Gasteiger charge is 2.11. The summed E-state index contributed by atoms with van der Waals surface area (Å²) in [5.41, 5.74) is 0. The van der Waals surface area contributed by atoms with Gasteiger partial charge in [-0.1, -0.05) is 0 Å². The number of rotatable bonds is 11. The lowest BCUT2D eigenvalue weighted by Crippen LogP contribution is -2.01. The SMILES string of the molecule is ClCCCOP(OCCCl)OCCCCl. The molecule has 0 saturated carbocycles. The first-order valence-corrected chi connectivity index (χ1v) is 7.41. The van der Waals surface area contributed by atoms with Crippen LogP contribution in [0.15, 0.2) is 0 Å². The van der Waals surface area contributed by atoms with E-state index in [9.17, 15) is 0 Å². The molecule has 0 aromatic carbocycles. The van der Waals surface area contributed by atoms with Crippen LogP contribution in [0.5, 0.6) is 0 Å². The minimum atomic E-state index is -1.29. The Morgan fingerprint density at radius 1 is 0.667 bits per heavy atom. The van der Waals surface area contributed by atoms with Gasteiger partial charge in [-0.2, -0.15) is 0 Å². The van der Waals surface area contributed by atoms with E-state index in [1.807, 2.05) is 0 Å². The molecule has 7 heteroatoms. The lowest BCUT2D eigenvalue weighted by atomic mass is 10.5. The van der Waals surface area contributed by atoms with Crippen molar-refractivity contribution in [3.05, 3.63) is 0 Å². The maximum Gasteiger partial charge on any atom is 0.332 e. The van der Waals surface area contributed by atoms with Gasteiger partial charge in [-0.05, 0) is 12.8 Å². The minimum absolute atomic E-state index is 0.426. The number of alkyl halides is 3. The monoisotopic (exact) mass is 296 g/mol. The molecule has 0 unspecified atom stereocenters. The molecule has 0 atom stereocenters. The summed E-state index contributed by atoms with van der Waals surface area (Å²) < 4.78 is 16.0. The van der Waals surface area contributed by atoms with E-state index in [0.717, 1.165) is 12.8 Å². The average Bonchev–Trinajstić information content (AvgIpc) is 2.25. The van der Waals surface area contributed by atoms with Gasteiger partial charge >= 0.3 is 8.60 Å². The van der Waals surface area contributed by atoms with E-state index in [1.165, 1.54) is 0 Å². The fraction of sp³-hybridized carbons (Fsp3) is 1.00. The minimum Gasteiger partial charge on any atom is -0.312 e. The second-order valence-electron chi connectivity index (χ2n) is 2.50. The normalized spacial score (nSPS) is 11.2. The molecule has 0 bridgehead atoms. The van der Waals surface area contributed by atoms with Crippen LogP contribution in [0.1, 0.15) is 12.8 Å². The van der Waals surface area contributed by atoms with E-state index in [-0.39, 0.29) is 0 Å². The van der Waals surface area contributed by atoms with E-state index >= 15 is 0 Å². The standard InChI is InChI=1S/C8H16Cl3O3P/c9-3-1-6-12-15(14-8-5-11)13-7-2-4-10/h1-8H2. The van der Waals surface area contributed by atoms with Crippen molar-refractivity contribution in [1.82, 2.24) is 0 Å². The van der Waals surface area contributed by atoms with E-state index in [2.05, 4.69) is 0 Å². The van der Waals surface area contributed by atoms with Gasteiger partial charge < -0.3 is 13.6 Å². The van der Waals surface area contributed by atoms with E-state index in [0.29, 0.717) is 37.5 Å². The van der Waals surface area contributed by atoms with Gasteiger partial charge in [0, 0.05) is 17.6 Å². The summed E-state index contributed by atoms with van der Waals surface area (Å²) in [6.07, 6.45) is 1.56. The van der Waals surface area contributed by atoms with Crippen molar-refractivity contribution >= 4 is 43.4 Å². The van der Waals surface area contributed by atoms with Crippen LogP contribution in [0.3, 0.4) is 0 Å². The van der Waals surface area contributed by atoms with Crippen molar-refractivity contribution in [3.8, 4) is 0 Å². The van der Waals surface area contributed by atoms with Crippen LogP contribution in [-0.2, 0) is 13.6 Å². The lowest BCUT2D eigenvalue weighted by molar-refractivity contribution is 0.166. The first kappa shape index (κ1) is 16.2. The molecular weight excluding hydrogens is 281 g/mol. The second-order valence-corrected chi connectivity index (χ2v) is 4.85. The molecule has 0 saturated heterocycles. The summed E-state index contributed by atoms with van der Waals surface area (Å²) in [4.78, 5) is 0. The average molecular weight is 298 g/mol. The van der Waals surface area contributed by atoms with Crippen molar-refractivity contribution in [2.24, 2.45) is 0 Å². The van der Waals surface area contributed by atoms with Crippen molar-refractivity contribution in [3.63, 3.8) is 0 Å². The molecule has 0 N–H and O–H groups in total. The molecule has 0 fully saturated rings. The van der Waals surface area contributed by atoms with Gasteiger partial charge in [0.05, 0.1) is 19.8 Å². The van der Waals surface area contributed by atoms with Gasteiger partial charge in [-0.25, -0.2) is 0 Å². The van der Waals surface area contributed by atoms with Crippen LogP contribution in [0, 0.1) is 0 Å². The Labute approximate surface area is 107 Å². The van der Waals surface area contributed by atoms with Crippen LogP contribution >= 0.6 is 43.4 Å². The van der Waals surface area contributed by atoms with Crippen molar-refractivity contribution in [2.75, 3.05) is 37.5 Å². The summed E-state index contributed by atoms with van der Waals surface area (Å²) in [5.74, 6) is 1.57. The zero-order valence-corrected chi connectivity index (χ0v) is 11.6. The summed E-state index contributed by atoms with van der Waals surface area (Å²) in [6, 6.07) is 0. The van der Waals surface area contributed by atoms with E-state index in [4.69, 9.17) is 48.4 Å². The Morgan fingerprint density at radius 3 is 1.53 bits per heavy atom. The Hall–Kier alpha value is 1.18. The lowest BCUT2D eigenvalue weighted by Gasteiger charge is -2.15. The molecule has 0 heterocycles. The predicted octanol–water partition coefficient (Wildman–Crippen LogP) is 3.76. The van der Waals surface area contributed by atoms with Crippen molar-refractivity contribution < 1.29 is 13.6 Å². The number of halogens is 3. The van der Waals surface area contributed by atoms with Crippen LogP contribution in [0.25, 0.3) is 0 Å². The largest absolute Gasteiger partial charge is 0.332 e. The molecule has 15 heavy (non-hydrogen) atoms. The summed E-state index contributed by atoms with van der Waals surface area (Å²) in [5, 5.41) is 0. The summed E-state index contributed by atoms with van der Waals surface area (Å²) >= 11 is 16.5. The molecule has 92 valence electrons. The van der Waals surface area contributed by atoms with Gasteiger partial charge in [-0.3, -0.25) is 0 Å². The molecule has 0 aliphatic carbocycles. The Balaban J connectivity index is 3.53. The zero-order chi connectivity index (χ0) is 11.4. The molecule has 0 spiro atoms. The van der Waals surface area contributed by atoms with Gasteiger partial charge in [0.2, 0.25) is 0 Å². The first-order valence-electron chi connectivity index (χ1n) is 4.72. The van der Waals surface area contributed by atoms with Crippen molar-refractivity contribution in [2.45, 2.75) is 12.8 Å². The molecular formula is C8H16Cl3O3P. The van der Waals surface area contributed by atoms with Crippen molar-refractivity contribution in [1.29, 1.82) is 0 Å². The number of hydrogen-bond donors (Lipinski definition) is 0. The molecule has 0 aromatic rings. The smallest absolute Gasteiger partial charge is 0.312 e. The summed E-state index contributed by atoms with van der Waals surface area (Å²) in [7, 11) is -1.29. The van der Waals surface area contributed by atoms with Crippen LogP contribution < -0.4 is 0 Å². The third-order valence-corrected chi connectivity index (χ3v) is 3.09. The molecule has 0 amide bonds. The van der Waals surface area contributed by atoms with Crippen LogP contribution in [-0.4, -0.2) is 37.5 Å². The molecule has 0 aliphatic heterocycles. The number of hydrogen-bond acceptors (Lipinski definition) is 3. The molecule has 0 aliphatic rings. The molecule has 3 nitrogen and oxygen atoms in total. The van der Waals surface area contributed by atoms with Crippen LogP contribution in [0.4, 0.5) is 0 Å². The predicted molar refractivity (Wildman–Crippen MR) is 66.2 cm³/mol. The molecule has 0 aromatic heterocycles. The highest BCUT2D eigenvalue weighted by Crippen LogP contribution is 2.39. The Kier molecular flexibility index (Phi) is 14.3. The third-order valence-electron chi connectivity index (χ3n) is 1.22. The first-order chi connectivity index (χ1) is 7.35. The van der Waals surface area contributed by atoms with E-state index in [1.54, 1.807) is 0 Å². The Morgan fingerprint density at radius 2 is 1.13 bits per heavy atom.